The van der Waals surface area contributed by atoms with Gasteiger partial charge in [-0.25, -0.2) is 0 Å². The highest BCUT2D eigenvalue weighted by atomic mass is 32.2. The highest BCUT2D eigenvalue weighted by molar-refractivity contribution is 7.99. The molecule has 0 fully saturated rings. The molecule has 32 heavy (non-hydrogen) atoms. The van der Waals surface area contributed by atoms with Crippen molar-refractivity contribution in [2.75, 3.05) is 5.75 Å². The molecule has 0 radical (unpaired) electrons. The molecule has 2 aromatic heterocycles. The van der Waals surface area contributed by atoms with Crippen LogP contribution in [0.25, 0.3) is 22.3 Å². The average Bonchev–Trinajstić information content (AvgIpc) is 3.38. The van der Waals surface area contributed by atoms with Gasteiger partial charge in [0.15, 0.2) is 16.8 Å². The van der Waals surface area contributed by atoms with Crippen molar-refractivity contribution < 1.29 is 4.79 Å². The van der Waals surface area contributed by atoms with Crippen molar-refractivity contribution in [3.05, 3.63) is 65.9 Å². The molecule has 0 saturated carbocycles. The third kappa shape index (κ3) is 4.46. The number of thioether (sulfide) groups is 1. The lowest BCUT2D eigenvalue weighted by atomic mass is 10.1. The van der Waals surface area contributed by atoms with Gasteiger partial charge in [0, 0.05) is 41.3 Å². The summed E-state index contributed by atoms with van der Waals surface area (Å²) in [7, 11) is 0. The quantitative estimate of drug-likeness (QED) is 0.252. The maximum absolute atomic E-state index is 13.2. The molecule has 0 N–H and O–H groups in total. The number of hydrogen-bond donors (Lipinski definition) is 0. The zero-order valence-electron chi connectivity index (χ0n) is 18.3. The molecule has 0 aliphatic rings. The Bertz CT molecular complexity index is 1300. The summed E-state index contributed by atoms with van der Waals surface area (Å²) >= 11 is 1.42. The molecule has 6 nitrogen and oxygen atoms in total. The van der Waals surface area contributed by atoms with Gasteiger partial charge in [-0.15, -0.1) is 10.2 Å². The Morgan fingerprint density at radius 2 is 1.97 bits per heavy atom. The molecular weight excluding hydrogens is 418 g/mol. The Morgan fingerprint density at radius 3 is 2.75 bits per heavy atom. The number of hydrogen-bond acceptors (Lipinski definition) is 5. The first kappa shape index (κ1) is 21.8. The second-order valence-corrected chi connectivity index (χ2v) is 8.64. The van der Waals surface area contributed by atoms with Crippen LogP contribution in [-0.4, -0.2) is 30.9 Å². The summed E-state index contributed by atoms with van der Waals surface area (Å²) in [5, 5.41) is 19.5. The van der Waals surface area contributed by atoms with Gasteiger partial charge < -0.3 is 9.13 Å². The number of carbonyl (C=O) groups excluding carboxylic acids is 1. The SMILES string of the molecule is CCCn1c(SCC(=O)c2cn(CCC#N)c3ccccc23)nnc1-c1cccc(C)c1. The van der Waals surface area contributed by atoms with E-state index in [2.05, 4.69) is 46.8 Å². The van der Waals surface area contributed by atoms with E-state index in [0.717, 1.165) is 40.4 Å². The molecule has 0 aliphatic carbocycles. The smallest absolute Gasteiger partial charge is 0.191 e. The fourth-order valence-electron chi connectivity index (χ4n) is 3.85. The predicted octanol–water partition coefficient (Wildman–Crippen LogP) is 5.51. The lowest BCUT2D eigenvalue weighted by molar-refractivity contribution is 0.102. The highest BCUT2D eigenvalue weighted by Crippen LogP contribution is 2.28. The van der Waals surface area contributed by atoms with Crippen LogP contribution in [0, 0.1) is 18.3 Å². The molecule has 162 valence electrons. The maximum atomic E-state index is 13.2. The largest absolute Gasteiger partial charge is 0.346 e. The van der Waals surface area contributed by atoms with Crippen molar-refractivity contribution in [1.82, 2.24) is 19.3 Å². The Labute approximate surface area is 191 Å². The summed E-state index contributed by atoms with van der Waals surface area (Å²) < 4.78 is 4.09. The monoisotopic (exact) mass is 443 g/mol. The second kappa shape index (κ2) is 9.84. The molecule has 0 atom stereocenters. The van der Waals surface area contributed by atoms with Crippen LogP contribution in [0.1, 0.15) is 35.7 Å². The van der Waals surface area contributed by atoms with Crippen LogP contribution in [0.4, 0.5) is 0 Å². The van der Waals surface area contributed by atoms with E-state index >= 15 is 0 Å². The van der Waals surface area contributed by atoms with Gasteiger partial charge in [0.25, 0.3) is 0 Å². The summed E-state index contributed by atoms with van der Waals surface area (Å²) in [5.74, 6) is 1.16. The molecule has 0 unspecified atom stereocenters. The Kier molecular flexibility index (Phi) is 6.72. The van der Waals surface area contributed by atoms with Gasteiger partial charge in [0.1, 0.15) is 0 Å². The van der Waals surface area contributed by atoms with Gasteiger partial charge in [0.05, 0.1) is 18.2 Å². The minimum Gasteiger partial charge on any atom is -0.346 e. The van der Waals surface area contributed by atoms with Crippen LogP contribution in [0.15, 0.2) is 59.9 Å². The molecule has 0 amide bonds. The molecule has 4 rings (SSSR count). The second-order valence-electron chi connectivity index (χ2n) is 7.70. The zero-order valence-corrected chi connectivity index (χ0v) is 19.1. The van der Waals surface area contributed by atoms with Crippen molar-refractivity contribution in [1.29, 1.82) is 5.26 Å². The van der Waals surface area contributed by atoms with E-state index in [1.807, 2.05) is 47.2 Å². The van der Waals surface area contributed by atoms with Gasteiger partial charge >= 0.3 is 0 Å². The number of benzene rings is 2. The maximum Gasteiger partial charge on any atom is 0.191 e. The number of aryl methyl sites for hydroxylation is 2. The lowest BCUT2D eigenvalue weighted by Crippen LogP contribution is -2.06. The van der Waals surface area contributed by atoms with Gasteiger partial charge in [-0.05, 0) is 25.5 Å². The molecule has 4 aromatic rings. The average molecular weight is 444 g/mol. The Morgan fingerprint density at radius 1 is 1.12 bits per heavy atom. The van der Waals surface area contributed by atoms with Crippen LogP contribution < -0.4 is 0 Å². The van der Waals surface area contributed by atoms with E-state index in [1.165, 1.54) is 17.3 Å². The number of nitrogens with zero attached hydrogens (tertiary/aromatic N) is 5. The van der Waals surface area contributed by atoms with E-state index < -0.39 is 0 Å². The first-order chi connectivity index (χ1) is 15.6. The first-order valence-electron chi connectivity index (χ1n) is 10.7. The fourth-order valence-corrected chi connectivity index (χ4v) is 4.70. The summed E-state index contributed by atoms with van der Waals surface area (Å²) in [6, 6.07) is 18.2. The first-order valence-corrected chi connectivity index (χ1v) is 11.7. The molecule has 7 heteroatoms. The Hall–Kier alpha value is -3.37. The van der Waals surface area contributed by atoms with Crippen molar-refractivity contribution in [2.45, 2.75) is 44.9 Å². The third-order valence-corrected chi connectivity index (χ3v) is 6.29. The third-order valence-electron chi connectivity index (χ3n) is 5.33. The summed E-state index contributed by atoms with van der Waals surface area (Å²) in [6.07, 6.45) is 3.23. The number of aromatic nitrogens is 4. The number of fused-ring (bicyclic) bond motifs is 1. The standard InChI is InChI=1S/C25H25N5OS/c1-3-13-30-24(19-9-6-8-18(2)15-19)27-28-25(30)32-17-23(31)21-16-29(14-7-12-26)22-11-5-4-10-20(21)22/h4-6,8-11,15-16H,3,7,13-14,17H2,1-2H3. The van der Waals surface area contributed by atoms with Crippen LogP contribution in [-0.2, 0) is 13.1 Å². The summed E-state index contributed by atoms with van der Waals surface area (Å²) in [4.78, 5) is 13.2. The molecule has 0 aliphatic heterocycles. The van der Waals surface area contributed by atoms with Crippen LogP contribution >= 0.6 is 11.8 Å². The van der Waals surface area contributed by atoms with Crippen molar-refractivity contribution in [2.24, 2.45) is 0 Å². The number of nitriles is 1. The van der Waals surface area contributed by atoms with E-state index in [9.17, 15) is 4.79 Å². The van der Waals surface area contributed by atoms with Gasteiger partial charge in [-0.3, -0.25) is 4.79 Å². The number of para-hydroxylation sites is 1. The van der Waals surface area contributed by atoms with Gasteiger partial charge in [-0.2, -0.15) is 5.26 Å². The van der Waals surface area contributed by atoms with E-state index in [-0.39, 0.29) is 11.5 Å². The van der Waals surface area contributed by atoms with E-state index in [4.69, 9.17) is 5.26 Å². The summed E-state index contributed by atoms with van der Waals surface area (Å²) in [6.45, 7) is 5.55. The minimum atomic E-state index is 0.0464. The number of rotatable bonds is 9. The minimum absolute atomic E-state index is 0.0464. The molecule has 2 aromatic carbocycles. The van der Waals surface area contributed by atoms with Crippen LogP contribution in [0.3, 0.4) is 0 Å². The van der Waals surface area contributed by atoms with Gasteiger partial charge in [0.2, 0.25) is 0 Å². The predicted molar refractivity (Wildman–Crippen MR) is 128 cm³/mol. The molecule has 0 spiro atoms. The molecule has 0 bridgehead atoms. The van der Waals surface area contributed by atoms with E-state index in [0.29, 0.717) is 18.5 Å². The summed E-state index contributed by atoms with van der Waals surface area (Å²) in [5.41, 5.74) is 3.87. The van der Waals surface area contributed by atoms with Crippen molar-refractivity contribution in [3.63, 3.8) is 0 Å². The van der Waals surface area contributed by atoms with Crippen LogP contribution in [0.2, 0.25) is 0 Å². The normalized spacial score (nSPS) is 11.0. The molecule has 2 heterocycles. The molecular formula is C25H25N5OS. The Balaban J connectivity index is 1.58. The fraction of sp³-hybridized carbons (Fsp3) is 0.280. The van der Waals surface area contributed by atoms with Gasteiger partial charge in [-0.1, -0.05) is 60.6 Å². The van der Waals surface area contributed by atoms with E-state index in [1.54, 1.807) is 0 Å². The number of Topliss-reactive ketones (excluding diaryl/α,β-unsaturated/α-hetero) is 1. The lowest BCUT2D eigenvalue weighted by Gasteiger charge is -2.09. The topological polar surface area (TPSA) is 76.5 Å². The van der Waals surface area contributed by atoms with Crippen molar-refractivity contribution >= 4 is 28.4 Å². The number of carbonyl (C=O) groups is 1. The van der Waals surface area contributed by atoms with Crippen LogP contribution in [0.5, 0.6) is 0 Å². The number of ketones is 1. The molecule has 0 saturated heterocycles. The van der Waals surface area contributed by atoms with Crippen molar-refractivity contribution in [3.8, 4) is 17.5 Å². The zero-order chi connectivity index (χ0) is 22.5. The highest BCUT2D eigenvalue weighted by Gasteiger charge is 2.18.